The van der Waals surface area contributed by atoms with Crippen molar-refractivity contribution in [2.45, 2.75) is 57.5 Å². The van der Waals surface area contributed by atoms with E-state index in [-0.39, 0.29) is 6.04 Å². The molecule has 0 saturated heterocycles. The first-order valence-corrected chi connectivity index (χ1v) is 9.12. The van der Waals surface area contributed by atoms with E-state index in [0.717, 1.165) is 16.8 Å². The SMILES string of the molecule is CCC(N)C(c1cccc(Br)c1)N(C)CC1CCCCC1. The van der Waals surface area contributed by atoms with E-state index in [1.54, 1.807) is 0 Å². The minimum atomic E-state index is 0.188. The summed E-state index contributed by atoms with van der Waals surface area (Å²) in [6, 6.07) is 9.13. The average Bonchev–Trinajstić information content (AvgIpc) is 2.48. The molecule has 0 heterocycles. The molecule has 0 spiro atoms. The first-order valence-electron chi connectivity index (χ1n) is 8.33. The highest BCUT2D eigenvalue weighted by Gasteiger charge is 2.26. The van der Waals surface area contributed by atoms with Gasteiger partial charge in [0.15, 0.2) is 0 Å². The highest BCUT2D eigenvalue weighted by molar-refractivity contribution is 9.10. The Bertz CT molecular complexity index is 429. The fourth-order valence-electron chi connectivity index (χ4n) is 3.63. The van der Waals surface area contributed by atoms with Gasteiger partial charge in [-0.3, -0.25) is 4.90 Å². The molecular weight excluding hydrogens is 324 g/mol. The zero-order valence-corrected chi connectivity index (χ0v) is 15.0. The maximum atomic E-state index is 6.45. The van der Waals surface area contributed by atoms with Crippen LogP contribution >= 0.6 is 15.9 Å². The Morgan fingerprint density at radius 2 is 2.00 bits per heavy atom. The summed E-state index contributed by atoms with van der Waals surface area (Å²) < 4.78 is 1.14. The van der Waals surface area contributed by atoms with Crippen LogP contribution in [0.3, 0.4) is 0 Å². The zero-order chi connectivity index (χ0) is 15.2. The van der Waals surface area contributed by atoms with E-state index in [0.29, 0.717) is 6.04 Å². The molecule has 0 radical (unpaired) electrons. The Hall–Kier alpha value is -0.380. The maximum absolute atomic E-state index is 6.45. The summed E-state index contributed by atoms with van der Waals surface area (Å²) in [7, 11) is 2.25. The molecule has 3 heteroatoms. The second-order valence-electron chi connectivity index (χ2n) is 6.52. The molecule has 21 heavy (non-hydrogen) atoms. The zero-order valence-electron chi connectivity index (χ0n) is 13.4. The lowest BCUT2D eigenvalue weighted by molar-refractivity contribution is 0.161. The van der Waals surface area contributed by atoms with Gasteiger partial charge in [0.2, 0.25) is 0 Å². The summed E-state index contributed by atoms with van der Waals surface area (Å²) in [5, 5.41) is 0. The van der Waals surface area contributed by atoms with Gasteiger partial charge in [-0.1, -0.05) is 54.2 Å². The standard InChI is InChI=1S/C18H29BrN2/c1-3-17(20)18(15-10-7-11-16(19)12-15)21(2)13-14-8-5-4-6-9-14/h7,10-12,14,17-18H,3-6,8-9,13,20H2,1-2H3. The van der Waals surface area contributed by atoms with Crippen molar-refractivity contribution < 1.29 is 0 Å². The number of halogens is 1. The van der Waals surface area contributed by atoms with Gasteiger partial charge in [0.25, 0.3) is 0 Å². The van der Waals surface area contributed by atoms with Gasteiger partial charge >= 0.3 is 0 Å². The van der Waals surface area contributed by atoms with Crippen LogP contribution in [0.15, 0.2) is 28.7 Å². The Morgan fingerprint density at radius 3 is 2.62 bits per heavy atom. The molecular formula is C18H29BrN2. The fraction of sp³-hybridized carbons (Fsp3) is 0.667. The van der Waals surface area contributed by atoms with E-state index >= 15 is 0 Å². The van der Waals surface area contributed by atoms with Crippen molar-refractivity contribution in [3.8, 4) is 0 Å². The van der Waals surface area contributed by atoms with Crippen molar-refractivity contribution in [2.75, 3.05) is 13.6 Å². The summed E-state index contributed by atoms with van der Waals surface area (Å²) in [6.07, 6.45) is 8.00. The predicted octanol–water partition coefficient (Wildman–Crippen LogP) is 4.74. The monoisotopic (exact) mass is 352 g/mol. The third-order valence-electron chi connectivity index (χ3n) is 4.81. The van der Waals surface area contributed by atoms with Crippen molar-refractivity contribution >= 4 is 15.9 Å². The quantitative estimate of drug-likeness (QED) is 0.800. The van der Waals surface area contributed by atoms with Crippen LogP contribution in [-0.2, 0) is 0 Å². The molecule has 1 aliphatic carbocycles. The second kappa shape index (κ2) is 8.30. The number of benzene rings is 1. The number of likely N-dealkylation sites (N-methyl/N-ethyl adjacent to an activating group) is 1. The number of hydrogen-bond acceptors (Lipinski definition) is 2. The molecule has 2 rings (SSSR count). The van der Waals surface area contributed by atoms with Crippen LogP contribution in [0.2, 0.25) is 0 Å². The number of rotatable bonds is 6. The van der Waals surface area contributed by atoms with Crippen LogP contribution in [0.4, 0.5) is 0 Å². The molecule has 0 bridgehead atoms. The fourth-order valence-corrected chi connectivity index (χ4v) is 4.05. The molecule has 2 atom stereocenters. The van der Waals surface area contributed by atoms with Crippen LogP contribution in [0.25, 0.3) is 0 Å². The minimum absolute atomic E-state index is 0.188. The lowest BCUT2D eigenvalue weighted by Gasteiger charge is -2.36. The maximum Gasteiger partial charge on any atom is 0.0496 e. The Labute approximate surface area is 138 Å². The van der Waals surface area contributed by atoms with Crippen molar-refractivity contribution in [1.29, 1.82) is 0 Å². The first kappa shape index (κ1) is 17.0. The van der Waals surface area contributed by atoms with E-state index in [2.05, 4.69) is 59.1 Å². The largest absolute Gasteiger partial charge is 0.326 e. The summed E-state index contributed by atoms with van der Waals surface area (Å²) >= 11 is 3.59. The van der Waals surface area contributed by atoms with Crippen LogP contribution in [-0.4, -0.2) is 24.5 Å². The van der Waals surface area contributed by atoms with Gasteiger partial charge in [-0.15, -0.1) is 0 Å². The van der Waals surface area contributed by atoms with Gasteiger partial charge < -0.3 is 5.73 Å². The topological polar surface area (TPSA) is 29.3 Å². The lowest BCUT2D eigenvalue weighted by Crippen LogP contribution is -2.41. The molecule has 0 aromatic heterocycles. The Morgan fingerprint density at radius 1 is 1.29 bits per heavy atom. The summed E-state index contributed by atoms with van der Waals surface area (Å²) in [5.74, 6) is 0.849. The number of nitrogens with two attached hydrogens (primary N) is 1. The van der Waals surface area contributed by atoms with E-state index in [1.807, 2.05) is 0 Å². The number of nitrogens with zero attached hydrogens (tertiary/aromatic N) is 1. The highest BCUT2D eigenvalue weighted by Crippen LogP contribution is 2.30. The van der Waals surface area contributed by atoms with Gasteiger partial charge in [0.1, 0.15) is 0 Å². The van der Waals surface area contributed by atoms with Crippen LogP contribution in [0.5, 0.6) is 0 Å². The molecule has 1 saturated carbocycles. The molecule has 0 aliphatic heterocycles. The third kappa shape index (κ3) is 4.80. The molecule has 1 aromatic rings. The molecule has 2 unspecified atom stereocenters. The second-order valence-corrected chi connectivity index (χ2v) is 7.43. The smallest absolute Gasteiger partial charge is 0.0496 e. The number of hydrogen-bond donors (Lipinski definition) is 1. The molecule has 1 aliphatic rings. The molecule has 2 N–H and O–H groups in total. The predicted molar refractivity (Wildman–Crippen MR) is 94.4 cm³/mol. The summed E-state index contributed by atoms with van der Waals surface area (Å²) in [4.78, 5) is 2.49. The molecule has 2 nitrogen and oxygen atoms in total. The van der Waals surface area contributed by atoms with Gasteiger partial charge in [-0.25, -0.2) is 0 Å². The van der Waals surface area contributed by atoms with E-state index < -0.39 is 0 Å². The third-order valence-corrected chi connectivity index (χ3v) is 5.31. The van der Waals surface area contributed by atoms with Crippen molar-refractivity contribution in [1.82, 2.24) is 4.90 Å². The van der Waals surface area contributed by atoms with Gasteiger partial charge in [0.05, 0.1) is 0 Å². The summed E-state index contributed by atoms with van der Waals surface area (Å²) in [5.41, 5.74) is 7.78. The van der Waals surface area contributed by atoms with Crippen molar-refractivity contribution in [3.63, 3.8) is 0 Å². The highest BCUT2D eigenvalue weighted by atomic mass is 79.9. The van der Waals surface area contributed by atoms with Crippen molar-refractivity contribution in [2.24, 2.45) is 11.7 Å². The van der Waals surface area contributed by atoms with Crippen LogP contribution in [0, 0.1) is 5.92 Å². The van der Waals surface area contributed by atoms with E-state index in [4.69, 9.17) is 5.73 Å². The van der Waals surface area contributed by atoms with Crippen LogP contribution < -0.4 is 5.73 Å². The Balaban J connectivity index is 2.11. The molecule has 1 fully saturated rings. The lowest BCUT2D eigenvalue weighted by atomic mass is 9.87. The average molecular weight is 353 g/mol. The molecule has 1 aromatic carbocycles. The molecule has 118 valence electrons. The van der Waals surface area contributed by atoms with Crippen molar-refractivity contribution in [3.05, 3.63) is 34.3 Å². The van der Waals surface area contributed by atoms with Gasteiger partial charge in [0, 0.05) is 23.1 Å². The minimum Gasteiger partial charge on any atom is -0.326 e. The van der Waals surface area contributed by atoms with Gasteiger partial charge in [-0.2, -0.15) is 0 Å². The van der Waals surface area contributed by atoms with Crippen LogP contribution in [0.1, 0.15) is 57.1 Å². The summed E-state index contributed by atoms with van der Waals surface area (Å²) in [6.45, 7) is 3.36. The van der Waals surface area contributed by atoms with Gasteiger partial charge in [-0.05, 0) is 49.9 Å². The van der Waals surface area contributed by atoms with E-state index in [1.165, 1.54) is 44.2 Å². The first-order chi connectivity index (χ1) is 10.1. The van der Waals surface area contributed by atoms with E-state index in [9.17, 15) is 0 Å². The Kier molecular flexibility index (Phi) is 6.72. The normalized spacial score (nSPS) is 19.7. The molecule has 0 amide bonds.